The number of rotatable bonds is 8. The normalized spacial score (nSPS) is 13.9. The Balaban J connectivity index is 1.90. The molecule has 1 heterocycles. The van der Waals surface area contributed by atoms with Crippen LogP contribution in [0, 0.1) is 0 Å². The Morgan fingerprint density at radius 1 is 1.09 bits per heavy atom. The van der Waals surface area contributed by atoms with Gasteiger partial charge in [-0.3, -0.25) is 9.69 Å². The highest BCUT2D eigenvalue weighted by atomic mass is 32.1. The lowest BCUT2D eigenvalue weighted by Crippen LogP contribution is -2.38. The van der Waals surface area contributed by atoms with Gasteiger partial charge in [0.1, 0.15) is 0 Å². The molecular formula is C27H34N4OS. The molecule has 0 unspecified atom stereocenters. The van der Waals surface area contributed by atoms with E-state index in [4.69, 9.17) is 18.0 Å². The molecule has 3 rings (SSSR count). The molecule has 2 aromatic rings. The molecule has 6 heteroatoms. The molecule has 1 aliphatic rings. The van der Waals surface area contributed by atoms with E-state index in [0.717, 1.165) is 59.8 Å². The average Bonchev–Trinajstić information content (AvgIpc) is 2.82. The van der Waals surface area contributed by atoms with Crippen molar-refractivity contribution in [3.05, 3.63) is 83.6 Å². The van der Waals surface area contributed by atoms with E-state index in [-0.39, 0.29) is 5.91 Å². The number of carbonyl (C=O) groups excluding carboxylic acids is 1. The molecule has 3 N–H and O–H groups in total. The zero-order chi connectivity index (χ0) is 23.8. The van der Waals surface area contributed by atoms with Crippen LogP contribution in [0.1, 0.15) is 48.2 Å². The highest BCUT2D eigenvalue weighted by molar-refractivity contribution is 7.80. The lowest BCUT2D eigenvalue weighted by Gasteiger charge is -2.30. The molecule has 1 fully saturated rings. The van der Waals surface area contributed by atoms with Crippen molar-refractivity contribution in [3.8, 4) is 0 Å². The summed E-state index contributed by atoms with van der Waals surface area (Å²) < 4.78 is 0. The molecule has 2 aromatic carbocycles. The smallest absolute Gasteiger partial charge is 0.253 e. The molecule has 174 valence electrons. The molecule has 1 amide bonds. The highest BCUT2D eigenvalue weighted by Gasteiger charge is 2.20. The first-order chi connectivity index (χ1) is 16.0. The molecule has 1 saturated heterocycles. The van der Waals surface area contributed by atoms with Crippen LogP contribution in [0.15, 0.2) is 66.9 Å². The number of carbonyl (C=O) groups is 1. The summed E-state index contributed by atoms with van der Waals surface area (Å²) in [6, 6.07) is 16.1. The maximum atomic E-state index is 12.7. The molecule has 0 spiro atoms. The van der Waals surface area contributed by atoms with E-state index in [2.05, 4.69) is 35.0 Å². The fraction of sp³-hybridized carbons (Fsp3) is 0.333. The molecule has 0 radical (unpaired) electrons. The number of nitrogens with zero attached hydrogens (tertiary/aromatic N) is 2. The third-order valence-electron chi connectivity index (χ3n) is 6.09. The number of hydrogen-bond acceptors (Lipinski definition) is 4. The number of piperidine rings is 1. The molecule has 0 bridgehead atoms. The number of nitrogen functional groups attached to an aromatic ring is 1. The van der Waals surface area contributed by atoms with Gasteiger partial charge in [0.15, 0.2) is 0 Å². The Hall–Kier alpha value is -2.96. The van der Waals surface area contributed by atoms with Gasteiger partial charge in [0.25, 0.3) is 5.91 Å². The van der Waals surface area contributed by atoms with Gasteiger partial charge in [-0.15, -0.1) is 0 Å². The summed E-state index contributed by atoms with van der Waals surface area (Å²) in [5.74, 6) is 0.0714. The number of nitrogens with one attached hydrogen (secondary N) is 1. The fourth-order valence-corrected chi connectivity index (χ4v) is 4.60. The van der Waals surface area contributed by atoms with Crippen LogP contribution in [0.25, 0.3) is 5.57 Å². The van der Waals surface area contributed by atoms with Gasteiger partial charge in [-0.25, -0.2) is 0 Å². The van der Waals surface area contributed by atoms with E-state index in [1.807, 2.05) is 49.1 Å². The molecule has 1 aliphatic heterocycles. The summed E-state index contributed by atoms with van der Waals surface area (Å²) in [6.45, 7) is 11.7. The first-order valence-electron chi connectivity index (χ1n) is 11.6. The van der Waals surface area contributed by atoms with Gasteiger partial charge in [0, 0.05) is 44.0 Å². The minimum Gasteiger partial charge on any atom is -0.399 e. The summed E-state index contributed by atoms with van der Waals surface area (Å²) in [5.41, 5.74) is 12.4. The van der Waals surface area contributed by atoms with Gasteiger partial charge < -0.3 is 16.0 Å². The number of likely N-dealkylation sites (tertiary alicyclic amines) is 1. The molecule has 33 heavy (non-hydrogen) atoms. The van der Waals surface area contributed by atoms with Crippen molar-refractivity contribution in [2.24, 2.45) is 0 Å². The lowest BCUT2D eigenvalue weighted by atomic mass is 9.88. The van der Waals surface area contributed by atoms with E-state index >= 15 is 0 Å². The molecule has 0 atom stereocenters. The van der Waals surface area contributed by atoms with Crippen LogP contribution in [-0.2, 0) is 0 Å². The van der Waals surface area contributed by atoms with Gasteiger partial charge >= 0.3 is 0 Å². The second-order valence-electron chi connectivity index (χ2n) is 8.21. The number of thiocarbonyl (C=S) groups is 1. The van der Waals surface area contributed by atoms with Crippen molar-refractivity contribution in [2.75, 3.05) is 38.5 Å². The largest absolute Gasteiger partial charge is 0.399 e. The van der Waals surface area contributed by atoms with Crippen molar-refractivity contribution >= 4 is 34.4 Å². The third-order valence-corrected chi connectivity index (χ3v) is 6.34. The summed E-state index contributed by atoms with van der Waals surface area (Å²) >= 11 is 5.37. The zero-order valence-corrected chi connectivity index (χ0v) is 20.5. The predicted octanol–water partition coefficient (Wildman–Crippen LogP) is 4.71. The number of hydrogen-bond donors (Lipinski definition) is 2. The fourth-order valence-electron chi connectivity index (χ4n) is 4.34. The van der Waals surface area contributed by atoms with Crippen LogP contribution in [0.5, 0.6) is 0 Å². The Morgan fingerprint density at radius 2 is 1.73 bits per heavy atom. The van der Waals surface area contributed by atoms with Crippen LogP contribution >= 0.6 is 12.2 Å². The minimum absolute atomic E-state index is 0.0714. The van der Waals surface area contributed by atoms with Gasteiger partial charge in [0.05, 0.1) is 4.99 Å². The van der Waals surface area contributed by atoms with Crippen LogP contribution in [0.3, 0.4) is 0 Å². The SMILES string of the molecule is C=CNC(=S)CN1CCC(=C(c2ccc(C(=O)N(CC)CC)cc2)c2cccc(N)c2)CC1. The lowest BCUT2D eigenvalue weighted by molar-refractivity contribution is 0.0773. The van der Waals surface area contributed by atoms with Crippen molar-refractivity contribution in [2.45, 2.75) is 26.7 Å². The van der Waals surface area contributed by atoms with Crippen molar-refractivity contribution in [1.82, 2.24) is 15.1 Å². The Kier molecular flexibility index (Phi) is 8.80. The summed E-state index contributed by atoms with van der Waals surface area (Å²) in [5, 5.41) is 3.01. The highest BCUT2D eigenvalue weighted by Crippen LogP contribution is 2.33. The molecular weight excluding hydrogens is 428 g/mol. The summed E-state index contributed by atoms with van der Waals surface area (Å²) in [4.78, 5) is 17.7. The van der Waals surface area contributed by atoms with Crippen LogP contribution in [0.4, 0.5) is 5.69 Å². The van der Waals surface area contributed by atoms with E-state index < -0.39 is 0 Å². The van der Waals surface area contributed by atoms with E-state index in [0.29, 0.717) is 13.1 Å². The van der Waals surface area contributed by atoms with E-state index in [1.165, 1.54) is 11.1 Å². The maximum Gasteiger partial charge on any atom is 0.253 e. The Morgan fingerprint density at radius 3 is 2.30 bits per heavy atom. The van der Waals surface area contributed by atoms with Crippen LogP contribution in [0.2, 0.25) is 0 Å². The second-order valence-corrected chi connectivity index (χ2v) is 8.70. The van der Waals surface area contributed by atoms with E-state index in [1.54, 1.807) is 6.20 Å². The molecule has 0 aliphatic carbocycles. The standard InChI is InChI=1S/C27H34N4OS/c1-4-29-25(33)19-30-16-14-21(15-17-30)26(23-8-7-9-24(28)18-23)20-10-12-22(13-11-20)27(32)31(5-2)6-3/h4,7-13,18H,1,5-6,14-17,19,28H2,2-3H3,(H,29,33). The minimum atomic E-state index is 0.0714. The van der Waals surface area contributed by atoms with Crippen LogP contribution in [-0.4, -0.2) is 53.4 Å². The monoisotopic (exact) mass is 462 g/mol. The number of benzene rings is 2. The number of anilines is 1. The quantitative estimate of drug-likeness (QED) is 0.439. The summed E-state index contributed by atoms with van der Waals surface area (Å²) in [7, 11) is 0. The van der Waals surface area contributed by atoms with Crippen molar-refractivity contribution in [3.63, 3.8) is 0 Å². The zero-order valence-electron chi connectivity index (χ0n) is 19.6. The molecule has 0 aromatic heterocycles. The maximum absolute atomic E-state index is 12.7. The van der Waals surface area contributed by atoms with Crippen molar-refractivity contribution in [1.29, 1.82) is 0 Å². The topological polar surface area (TPSA) is 61.6 Å². The van der Waals surface area contributed by atoms with Gasteiger partial charge in [-0.05, 0) is 73.9 Å². The summed E-state index contributed by atoms with van der Waals surface area (Å²) in [6.07, 6.45) is 3.55. The Bertz CT molecular complexity index is 1010. The number of amides is 1. The van der Waals surface area contributed by atoms with Gasteiger partial charge in [-0.2, -0.15) is 0 Å². The van der Waals surface area contributed by atoms with Gasteiger partial charge in [-0.1, -0.05) is 48.6 Å². The number of nitrogens with two attached hydrogens (primary N) is 1. The first kappa shape index (κ1) is 24.7. The van der Waals surface area contributed by atoms with E-state index in [9.17, 15) is 4.79 Å². The Labute approximate surface area is 203 Å². The first-order valence-corrected chi connectivity index (χ1v) is 12.0. The van der Waals surface area contributed by atoms with Gasteiger partial charge in [0.2, 0.25) is 0 Å². The predicted molar refractivity (Wildman–Crippen MR) is 142 cm³/mol. The third kappa shape index (κ3) is 6.30. The van der Waals surface area contributed by atoms with Crippen molar-refractivity contribution < 1.29 is 4.79 Å². The molecule has 0 saturated carbocycles. The average molecular weight is 463 g/mol. The molecule has 5 nitrogen and oxygen atoms in total. The second kappa shape index (κ2) is 11.8. The van der Waals surface area contributed by atoms with Crippen LogP contribution < -0.4 is 11.1 Å².